The predicted molar refractivity (Wildman–Crippen MR) is 127 cm³/mol. The molecule has 0 radical (unpaired) electrons. The summed E-state index contributed by atoms with van der Waals surface area (Å²) in [6.07, 6.45) is 4.51. The van der Waals surface area contributed by atoms with Gasteiger partial charge in [-0.3, -0.25) is 0 Å². The van der Waals surface area contributed by atoms with E-state index in [1.54, 1.807) is 24.0 Å². The smallest absolute Gasteiger partial charge is 0.178 e. The number of benzene rings is 1. The van der Waals surface area contributed by atoms with Gasteiger partial charge in [-0.1, -0.05) is 18.9 Å². The third-order valence-corrected chi connectivity index (χ3v) is 6.82. The lowest BCUT2D eigenvalue weighted by Gasteiger charge is -2.22. The molecule has 9 heteroatoms. The lowest BCUT2D eigenvalue weighted by Crippen LogP contribution is -2.19. The van der Waals surface area contributed by atoms with Gasteiger partial charge in [0.25, 0.3) is 0 Å². The number of rotatable bonds is 10. The van der Waals surface area contributed by atoms with Crippen LogP contribution in [0.25, 0.3) is 16.6 Å². The fourth-order valence-corrected chi connectivity index (χ4v) is 4.72. The standard InChI is InChI=1S/C22H28FN3O3S2/c1-6-7-30-25-17-9-14(8-16(23)21(17)29-5)15-11-24-26-12-19(28-4)20(10-18(15)26)31-22(2,3)13-27/h8-12,25,27H,6-7,13H2,1-5H3. The Morgan fingerprint density at radius 2 is 2.00 bits per heavy atom. The lowest BCUT2D eigenvalue weighted by molar-refractivity contribution is 0.265. The summed E-state index contributed by atoms with van der Waals surface area (Å²) < 4.78 is 30.2. The van der Waals surface area contributed by atoms with E-state index in [1.165, 1.54) is 36.9 Å². The Balaban J connectivity index is 2.10. The van der Waals surface area contributed by atoms with Gasteiger partial charge in [0, 0.05) is 16.1 Å². The molecule has 3 rings (SSSR count). The van der Waals surface area contributed by atoms with Crippen LogP contribution in [0.1, 0.15) is 27.2 Å². The van der Waals surface area contributed by atoms with Crippen LogP contribution in [0.5, 0.6) is 11.5 Å². The number of aliphatic hydroxyl groups is 1. The summed E-state index contributed by atoms with van der Waals surface area (Å²) in [6, 6.07) is 5.29. The van der Waals surface area contributed by atoms with Gasteiger partial charge >= 0.3 is 0 Å². The minimum atomic E-state index is -0.441. The molecule has 3 aromatic rings. The minimum absolute atomic E-state index is 0.0201. The maximum absolute atomic E-state index is 14.8. The van der Waals surface area contributed by atoms with Crippen molar-refractivity contribution in [3.05, 3.63) is 36.4 Å². The summed E-state index contributed by atoms with van der Waals surface area (Å²) in [6.45, 7) is 6.03. The second-order valence-corrected chi connectivity index (χ2v) is 10.3. The first kappa shape index (κ1) is 23.6. The van der Waals surface area contributed by atoms with Crippen LogP contribution in [-0.4, -0.2) is 46.0 Å². The maximum Gasteiger partial charge on any atom is 0.178 e. The number of methoxy groups -OCH3 is 2. The Morgan fingerprint density at radius 3 is 2.65 bits per heavy atom. The van der Waals surface area contributed by atoms with Gasteiger partial charge in [0.15, 0.2) is 17.3 Å². The van der Waals surface area contributed by atoms with E-state index in [0.717, 1.165) is 28.1 Å². The van der Waals surface area contributed by atoms with E-state index in [2.05, 4.69) is 16.7 Å². The Labute approximate surface area is 190 Å². The Bertz CT molecular complexity index is 1060. The molecule has 0 bridgehead atoms. The zero-order chi connectivity index (χ0) is 22.6. The van der Waals surface area contributed by atoms with Crippen LogP contribution in [0.2, 0.25) is 0 Å². The second kappa shape index (κ2) is 10.0. The number of thioether (sulfide) groups is 1. The average Bonchev–Trinajstić information content (AvgIpc) is 3.15. The molecule has 0 fully saturated rings. The van der Waals surface area contributed by atoms with Crippen molar-refractivity contribution in [3.63, 3.8) is 0 Å². The zero-order valence-corrected chi connectivity index (χ0v) is 20.0. The van der Waals surface area contributed by atoms with Crippen molar-refractivity contribution in [2.45, 2.75) is 36.8 Å². The summed E-state index contributed by atoms with van der Waals surface area (Å²) in [7, 11) is 3.06. The molecule has 2 N–H and O–H groups in total. The van der Waals surface area contributed by atoms with Gasteiger partial charge in [-0.15, -0.1) is 11.8 Å². The molecule has 0 saturated carbocycles. The van der Waals surface area contributed by atoms with Crippen molar-refractivity contribution >= 4 is 34.9 Å². The highest BCUT2D eigenvalue weighted by molar-refractivity contribution is 8.00. The predicted octanol–water partition coefficient (Wildman–Crippen LogP) is 5.49. The van der Waals surface area contributed by atoms with Crippen LogP contribution in [0.3, 0.4) is 0 Å². The number of nitrogens with zero attached hydrogens (tertiary/aromatic N) is 2. The number of aliphatic hydroxyl groups excluding tert-OH is 1. The van der Waals surface area contributed by atoms with E-state index in [-0.39, 0.29) is 17.1 Å². The molecule has 168 valence electrons. The zero-order valence-electron chi connectivity index (χ0n) is 18.4. The van der Waals surface area contributed by atoms with E-state index >= 15 is 0 Å². The Kier molecular flexibility index (Phi) is 7.61. The number of nitrogens with one attached hydrogen (secondary N) is 1. The highest BCUT2D eigenvalue weighted by Crippen LogP contribution is 2.41. The van der Waals surface area contributed by atoms with Gasteiger partial charge < -0.3 is 19.3 Å². The van der Waals surface area contributed by atoms with Gasteiger partial charge in [0.1, 0.15) is 0 Å². The summed E-state index contributed by atoms with van der Waals surface area (Å²) in [5.74, 6) is 1.30. The summed E-state index contributed by atoms with van der Waals surface area (Å²) in [5.41, 5.74) is 2.88. The molecule has 0 amide bonds. The van der Waals surface area contributed by atoms with Crippen LogP contribution >= 0.6 is 23.7 Å². The van der Waals surface area contributed by atoms with Crippen LogP contribution in [-0.2, 0) is 0 Å². The van der Waals surface area contributed by atoms with E-state index in [9.17, 15) is 9.50 Å². The first-order chi connectivity index (χ1) is 14.8. The molecule has 0 saturated heterocycles. The number of ether oxygens (including phenoxy) is 2. The average molecular weight is 466 g/mol. The molecule has 6 nitrogen and oxygen atoms in total. The number of aromatic nitrogens is 2. The summed E-state index contributed by atoms with van der Waals surface area (Å²) in [4.78, 5) is 0.877. The molecular weight excluding hydrogens is 437 g/mol. The molecule has 0 unspecified atom stereocenters. The maximum atomic E-state index is 14.8. The number of anilines is 1. The summed E-state index contributed by atoms with van der Waals surface area (Å²) >= 11 is 3.03. The third-order valence-electron chi connectivity index (χ3n) is 4.62. The van der Waals surface area contributed by atoms with Crippen molar-refractivity contribution in [1.82, 2.24) is 9.61 Å². The number of hydrogen-bond donors (Lipinski definition) is 2. The molecule has 0 aliphatic heterocycles. The van der Waals surface area contributed by atoms with E-state index in [0.29, 0.717) is 17.0 Å². The monoisotopic (exact) mass is 465 g/mol. The van der Waals surface area contributed by atoms with Crippen molar-refractivity contribution in [2.75, 3.05) is 31.3 Å². The van der Waals surface area contributed by atoms with Crippen LogP contribution < -0.4 is 14.2 Å². The molecule has 31 heavy (non-hydrogen) atoms. The topological polar surface area (TPSA) is 68.0 Å². The molecule has 0 aliphatic carbocycles. The first-order valence-corrected chi connectivity index (χ1v) is 11.7. The van der Waals surface area contributed by atoms with Crippen molar-refractivity contribution in [1.29, 1.82) is 0 Å². The minimum Gasteiger partial charge on any atom is -0.494 e. The van der Waals surface area contributed by atoms with E-state index in [1.807, 2.05) is 26.0 Å². The quantitative estimate of drug-likeness (QED) is 0.233. The number of halogens is 1. The van der Waals surface area contributed by atoms with Crippen LogP contribution in [0, 0.1) is 5.82 Å². The van der Waals surface area contributed by atoms with E-state index < -0.39 is 5.82 Å². The molecule has 1 aromatic carbocycles. The van der Waals surface area contributed by atoms with Crippen molar-refractivity contribution < 1.29 is 19.0 Å². The first-order valence-electron chi connectivity index (χ1n) is 9.94. The Morgan fingerprint density at radius 1 is 1.23 bits per heavy atom. The van der Waals surface area contributed by atoms with Gasteiger partial charge in [0.05, 0.1) is 49.3 Å². The van der Waals surface area contributed by atoms with Gasteiger partial charge in [0.2, 0.25) is 0 Å². The lowest BCUT2D eigenvalue weighted by atomic mass is 10.1. The number of hydrogen-bond acceptors (Lipinski definition) is 7. The highest BCUT2D eigenvalue weighted by atomic mass is 32.2. The Hall–Kier alpha value is -2.10. The molecular formula is C22H28FN3O3S2. The normalized spacial score (nSPS) is 11.7. The third kappa shape index (κ3) is 5.22. The summed E-state index contributed by atoms with van der Waals surface area (Å²) in [5, 5.41) is 14.1. The molecule has 2 aromatic heterocycles. The fourth-order valence-electron chi connectivity index (χ4n) is 3.04. The molecule has 0 spiro atoms. The molecule has 2 heterocycles. The van der Waals surface area contributed by atoms with E-state index in [4.69, 9.17) is 9.47 Å². The second-order valence-electron chi connectivity index (χ2n) is 7.60. The van der Waals surface area contributed by atoms with Crippen molar-refractivity contribution in [3.8, 4) is 22.6 Å². The van der Waals surface area contributed by atoms with Crippen LogP contribution in [0.15, 0.2) is 35.5 Å². The highest BCUT2D eigenvalue weighted by Gasteiger charge is 2.22. The fraction of sp³-hybridized carbons (Fsp3) is 0.409. The number of fused-ring (bicyclic) bond motifs is 1. The van der Waals surface area contributed by atoms with Crippen LogP contribution in [0.4, 0.5) is 10.1 Å². The number of pyridine rings is 1. The van der Waals surface area contributed by atoms with Gasteiger partial charge in [-0.25, -0.2) is 8.91 Å². The molecule has 0 atom stereocenters. The molecule has 0 aliphatic rings. The SMILES string of the molecule is CCCSNc1cc(-c2cnn3cc(OC)c(SC(C)(C)CO)cc23)cc(F)c1OC. The largest absolute Gasteiger partial charge is 0.494 e. The van der Waals surface area contributed by atoms with Gasteiger partial charge in [-0.05, 0) is 44.0 Å². The van der Waals surface area contributed by atoms with Gasteiger partial charge in [-0.2, -0.15) is 5.10 Å². The van der Waals surface area contributed by atoms with Crippen molar-refractivity contribution in [2.24, 2.45) is 0 Å².